The van der Waals surface area contributed by atoms with E-state index in [4.69, 9.17) is 4.74 Å². The van der Waals surface area contributed by atoms with E-state index in [0.29, 0.717) is 12.2 Å². The minimum atomic E-state index is -0.239. The molecule has 0 bridgehead atoms. The molecule has 4 nitrogen and oxygen atoms in total. The third kappa shape index (κ3) is 5.79. The number of amides is 1. The Morgan fingerprint density at radius 1 is 0.906 bits per heavy atom. The second-order valence-electron chi connectivity index (χ2n) is 6.95. The Hall–Kier alpha value is -1.73. The Morgan fingerprint density at radius 3 is 2.34 bits per heavy atom. The molecule has 0 fully saturated rings. The SMILES string of the molecule is O=C(N/N=C\c1cc(I)c(OCc2cccc3ccccc23)c(I)c1)c1ccc(I)cc1. The van der Waals surface area contributed by atoms with Crippen molar-refractivity contribution in [1.29, 1.82) is 0 Å². The van der Waals surface area contributed by atoms with Gasteiger partial charge in [-0.2, -0.15) is 5.10 Å². The summed E-state index contributed by atoms with van der Waals surface area (Å²) in [4.78, 5) is 12.2. The summed E-state index contributed by atoms with van der Waals surface area (Å²) in [5.41, 5.74) is 5.19. The summed E-state index contributed by atoms with van der Waals surface area (Å²) < 4.78 is 9.25. The number of carbonyl (C=O) groups is 1. The van der Waals surface area contributed by atoms with Crippen LogP contribution >= 0.6 is 67.8 Å². The van der Waals surface area contributed by atoms with Gasteiger partial charge in [0.1, 0.15) is 12.4 Å². The first kappa shape index (κ1) is 23.4. The van der Waals surface area contributed by atoms with Gasteiger partial charge in [0.15, 0.2) is 0 Å². The maximum Gasteiger partial charge on any atom is 0.271 e. The zero-order chi connectivity index (χ0) is 22.5. The Labute approximate surface area is 227 Å². The maximum absolute atomic E-state index is 12.2. The van der Waals surface area contributed by atoms with Gasteiger partial charge in [-0.25, -0.2) is 5.43 Å². The molecule has 0 aliphatic rings. The van der Waals surface area contributed by atoms with Crippen molar-refractivity contribution in [1.82, 2.24) is 5.43 Å². The lowest BCUT2D eigenvalue weighted by Gasteiger charge is -2.13. The van der Waals surface area contributed by atoms with E-state index in [1.807, 2.05) is 36.4 Å². The molecule has 4 rings (SSSR count). The van der Waals surface area contributed by atoms with Gasteiger partial charge in [0.05, 0.1) is 13.4 Å². The van der Waals surface area contributed by atoms with E-state index in [-0.39, 0.29) is 5.91 Å². The van der Waals surface area contributed by atoms with Crippen LogP contribution in [0.4, 0.5) is 0 Å². The number of ether oxygens (including phenoxy) is 1. The Kier molecular flexibility index (Phi) is 8.00. The van der Waals surface area contributed by atoms with E-state index < -0.39 is 0 Å². The fourth-order valence-corrected chi connectivity index (χ4v) is 5.68. The quantitative estimate of drug-likeness (QED) is 0.131. The maximum atomic E-state index is 12.2. The minimum Gasteiger partial charge on any atom is -0.487 e. The summed E-state index contributed by atoms with van der Waals surface area (Å²) in [7, 11) is 0. The van der Waals surface area contributed by atoms with Crippen LogP contribution in [-0.4, -0.2) is 12.1 Å². The average Bonchev–Trinajstić information content (AvgIpc) is 2.79. The standard InChI is InChI=1S/C25H17I3N2O2/c26-20-10-8-18(9-11-20)25(31)30-29-14-16-12-22(27)24(23(28)13-16)32-15-19-6-3-5-17-4-1-2-7-21(17)19/h1-14H,15H2,(H,30,31)/b29-14-. The number of halogens is 3. The van der Waals surface area contributed by atoms with E-state index in [1.165, 1.54) is 10.8 Å². The first-order valence-electron chi connectivity index (χ1n) is 9.69. The molecule has 0 radical (unpaired) electrons. The largest absolute Gasteiger partial charge is 0.487 e. The second-order valence-corrected chi connectivity index (χ2v) is 10.5. The first-order valence-corrected chi connectivity index (χ1v) is 12.9. The number of rotatable bonds is 6. The predicted octanol–water partition coefficient (Wildman–Crippen LogP) is 7.00. The van der Waals surface area contributed by atoms with Crippen molar-refractivity contribution in [2.24, 2.45) is 5.10 Å². The summed E-state index contributed by atoms with van der Waals surface area (Å²) in [5.74, 6) is 0.608. The number of nitrogens with one attached hydrogen (secondary N) is 1. The van der Waals surface area contributed by atoms with Crippen LogP contribution in [-0.2, 0) is 6.61 Å². The molecule has 7 heteroatoms. The molecule has 4 aromatic carbocycles. The molecule has 0 saturated heterocycles. The molecule has 32 heavy (non-hydrogen) atoms. The smallest absolute Gasteiger partial charge is 0.271 e. The molecule has 0 aromatic heterocycles. The van der Waals surface area contributed by atoms with Crippen molar-refractivity contribution in [3.05, 3.63) is 106 Å². The number of hydrogen-bond donors (Lipinski definition) is 1. The average molecular weight is 758 g/mol. The van der Waals surface area contributed by atoms with E-state index in [9.17, 15) is 4.79 Å². The molecule has 160 valence electrons. The lowest BCUT2D eigenvalue weighted by atomic mass is 10.1. The third-order valence-electron chi connectivity index (χ3n) is 4.76. The number of benzene rings is 4. The van der Waals surface area contributed by atoms with Gasteiger partial charge in [-0.3, -0.25) is 4.79 Å². The third-order valence-corrected chi connectivity index (χ3v) is 7.08. The van der Waals surface area contributed by atoms with Crippen LogP contribution in [0.3, 0.4) is 0 Å². The second kappa shape index (κ2) is 10.9. The fourth-order valence-electron chi connectivity index (χ4n) is 3.19. The zero-order valence-electron chi connectivity index (χ0n) is 16.7. The molecule has 0 saturated carbocycles. The molecular weight excluding hydrogens is 741 g/mol. The van der Waals surface area contributed by atoms with Crippen LogP contribution in [0.15, 0.2) is 84.0 Å². The van der Waals surface area contributed by atoms with E-state index in [0.717, 1.165) is 27.6 Å². The monoisotopic (exact) mass is 758 g/mol. The van der Waals surface area contributed by atoms with Gasteiger partial charge in [-0.1, -0.05) is 42.5 Å². The van der Waals surface area contributed by atoms with Crippen molar-refractivity contribution >= 4 is 90.7 Å². The van der Waals surface area contributed by atoms with Crippen molar-refractivity contribution in [3.63, 3.8) is 0 Å². The molecule has 1 N–H and O–H groups in total. The van der Waals surface area contributed by atoms with E-state index in [1.54, 1.807) is 18.3 Å². The van der Waals surface area contributed by atoms with Crippen LogP contribution in [0.25, 0.3) is 10.8 Å². The van der Waals surface area contributed by atoms with Gasteiger partial charge < -0.3 is 4.74 Å². The Balaban J connectivity index is 1.44. The number of nitrogens with zero attached hydrogens (tertiary/aromatic N) is 1. The van der Waals surface area contributed by atoms with Crippen molar-refractivity contribution in [2.45, 2.75) is 6.61 Å². The summed E-state index contributed by atoms with van der Waals surface area (Å²) in [5, 5.41) is 6.51. The van der Waals surface area contributed by atoms with Crippen LogP contribution in [0, 0.1) is 10.7 Å². The van der Waals surface area contributed by atoms with Gasteiger partial charge >= 0.3 is 0 Å². The summed E-state index contributed by atoms with van der Waals surface area (Å²) in [6.45, 7) is 0.493. The fraction of sp³-hybridized carbons (Fsp3) is 0.0400. The predicted molar refractivity (Wildman–Crippen MR) is 154 cm³/mol. The van der Waals surface area contributed by atoms with Crippen LogP contribution in [0.2, 0.25) is 0 Å². The topological polar surface area (TPSA) is 50.7 Å². The highest BCUT2D eigenvalue weighted by Crippen LogP contribution is 2.30. The van der Waals surface area contributed by atoms with Gasteiger partial charge in [-0.05, 0) is 126 Å². The lowest BCUT2D eigenvalue weighted by molar-refractivity contribution is 0.0955. The van der Waals surface area contributed by atoms with Crippen molar-refractivity contribution in [2.75, 3.05) is 0 Å². The van der Waals surface area contributed by atoms with Gasteiger partial charge in [0.25, 0.3) is 5.91 Å². The molecule has 0 aliphatic carbocycles. The molecule has 1 amide bonds. The number of fused-ring (bicyclic) bond motifs is 1. The van der Waals surface area contributed by atoms with Crippen LogP contribution in [0.5, 0.6) is 5.75 Å². The van der Waals surface area contributed by atoms with E-state index in [2.05, 4.69) is 109 Å². The highest BCUT2D eigenvalue weighted by Gasteiger charge is 2.10. The molecule has 4 aromatic rings. The van der Waals surface area contributed by atoms with Gasteiger partial charge in [0, 0.05) is 9.13 Å². The molecule has 0 unspecified atom stereocenters. The van der Waals surface area contributed by atoms with Crippen molar-refractivity contribution in [3.8, 4) is 5.75 Å². The zero-order valence-corrected chi connectivity index (χ0v) is 23.2. The van der Waals surface area contributed by atoms with Gasteiger partial charge in [0.2, 0.25) is 0 Å². The Bertz CT molecular complexity index is 1280. The molecule has 0 aliphatic heterocycles. The summed E-state index contributed by atoms with van der Waals surface area (Å²) in [6.07, 6.45) is 1.64. The molecular formula is C25H17I3N2O2. The highest BCUT2D eigenvalue weighted by atomic mass is 127. The number of carbonyl (C=O) groups excluding carboxylic acids is 1. The Morgan fingerprint density at radius 2 is 1.59 bits per heavy atom. The molecule has 0 spiro atoms. The molecule has 0 atom stereocenters. The normalized spacial score (nSPS) is 11.1. The summed E-state index contributed by atoms with van der Waals surface area (Å²) >= 11 is 6.75. The number of hydrazone groups is 1. The van der Waals surface area contributed by atoms with Crippen LogP contribution < -0.4 is 10.2 Å². The van der Waals surface area contributed by atoms with Crippen LogP contribution in [0.1, 0.15) is 21.5 Å². The lowest BCUT2D eigenvalue weighted by Crippen LogP contribution is -2.17. The van der Waals surface area contributed by atoms with E-state index >= 15 is 0 Å². The summed E-state index contributed by atoms with van der Waals surface area (Å²) in [6, 6.07) is 25.9. The highest BCUT2D eigenvalue weighted by molar-refractivity contribution is 14.1. The molecule has 0 heterocycles. The van der Waals surface area contributed by atoms with Gasteiger partial charge in [-0.15, -0.1) is 0 Å². The van der Waals surface area contributed by atoms with Crippen molar-refractivity contribution < 1.29 is 9.53 Å². The number of hydrogen-bond acceptors (Lipinski definition) is 3. The minimum absolute atomic E-state index is 0.239. The first-order chi connectivity index (χ1) is 15.5.